The number of imide groups is 1. The molecule has 24 heteroatoms. The van der Waals surface area contributed by atoms with E-state index in [1.54, 1.807) is 42.5 Å². The van der Waals surface area contributed by atoms with Crippen molar-refractivity contribution in [2.24, 2.45) is 5.41 Å². The quantitative estimate of drug-likeness (QED) is 0.0403. The van der Waals surface area contributed by atoms with Crippen LogP contribution in [0.4, 0.5) is 28.9 Å². The summed E-state index contributed by atoms with van der Waals surface area (Å²) in [6, 6.07) is 23.4. The van der Waals surface area contributed by atoms with Crippen LogP contribution in [-0.2, 0) is 42.5 Å². The SMILES string of the molecule is [2H]C1([2H])N(CC[C@H](CSc2ccccc2)Nc2ccc(S(=O)(=O)NC(=O)c3ccc(N4CCN(CC5=C(c6ccc(Cl)cc6)CCC(C)(C)C5)CC4)cc3)cc2S(=O)(=O)C(F)(F)F)C([2H])([2H])C([2H])([2H])N(Cc2cc3c(cc2F)C(=O)N(C2CCC(=O)NC2=O)C3)C1([2H])[2H]. The van der Waals surface area contributed by atoms with Gasteiger partial charge in [-0.1, -0.05) is 61.4 Å². The van der Waals surface area contributed by atoms with Crippen molar-refractivity contribution in [3.8, 4) is 0 Å². The van der Waals surface area contributed by atoms with Gasteiger partial charge in [0.2, 0.25) is 11.8 Å². The number of nitrogens with zero attached hydrogens (tertiary/aromatic N) is 5. The van der Waals surface area contributed by atoms with E-state index in [1.807, 2.05) is 16.9 Å². The Kier molecular flexibility index (Phi) is 15.6. The van der Waals surface area contributed by atoms with E-state index in [0.29, 0.717) is 29.1 Å². The molecule has 16 nitrogen and oxygen atoms in total. The van der Waals surface area contributed by atoms with Crippen molar-refractivity contribution in [2.75, 3.05) is 81.2 Å². The van der Waals surface area contributed by atoms with Crippen LogP contribution in [0.1, 0.15) is 101 Å². The molecule has 5 aromatic carbocycles. The molecular formula is C61H67ClF4N8O8S3. The fourth-order valence-electron chi connectivity index (χ4n) is 11.0. The van der Waals surface area contributed by atoms with Crippen LogP contribution in [0.2, 0.25) is 5.02 Å². The number of fused-ring (bicyclic) bond motifs is 1. The molecule has 0 aromatic heterocycles. The minimum atomic E-state index is -6.46. The van der Waals surface area contributed by atoms with Crippen molar-refractivity contribution < 1.29 is 64.5 Å². The highest BCUT2D eigenvalue weighted by Gasteiger charge is 2.49. The van der Waals surface area contributed by atoms with Gasteiger partial charge in [-0.3, -0.25) is 34.3 Å². The van der Waals surface area contributed by atoms with E-state index < -0.39 is 133 Å². The van der Waals surface area contributed by atoms with E-state index in [9.17, 15) is 49.2 Å². The molecule has 1 unspecified atom stereocenters. The Hall–Kier alpha value is -6.34. The maximum Gasteiger partial charge on any atom is 0.501 e. The Balaban J connectivity index is 0.845. The number of anilines is 2. The number of nitrogens with one attached hydrogen (secondary N) is 3. The zero-order chi connectivity index (χ0) is 67.6. The predicted octanol–water partition coefficient (Wildman–Crippen LogP) is 9.22. The van der Waals surface area contributed by atoms with Gasteiger partial charge in [0.15, 0.2) is 0 Å². The lowest BCUT2D eigenvalue weighted by atomic mass is 9.73. The monoisotopic (exact) mass is 1250 g/mol. The second-order valence-corrected chi connectivity index (χ2v) is 27.3. The number of hydrogen-bond acceptors (Lipinski definition) is 14. The molecule has 3 fully saturated rings. The van der Waals surface area contributed by atoms with Gasteiger partial charge in [-0.2, -0.15) is 13.2 Å². The van der Waals surface area contributed by atoms with E-state index in [2.05, 4.69) is 46.4 Å². The number of hydrogen-bond donors (Lipinski definition) is 3. The largest absolute Gasteiger partial charge is 0.501 e. The van der Waals surface area contributed by atoms with Gasteiger partial charge < -0.3 is 20.0 Å². The first kappa shape index (κ1) is 51.8. The molecule has 5 aliphatic rings. The number of sulfone groups is 1. The molecule has 4 amide bonds. The molecule has 0 spiro atoms. The lowest BCUT2D eigenvalue weighted by Gasteiger charge is -2.39. The molecule has 5 aromatic rings. The molecule has 3 saturated heterocycles. The third-order valence-corrected chi connectivity index (χ3v) is 19.9. The number of carbonyl (C=O) groups is 4. The van der Waals surface area contributed by atoms with Gasteiger partial charge in [0, 0.05) is 140 Å². The van der Waals surface area contributed by atoms with Gasteiger partial charge in [-0.05, 0) is 133 Å². The lowest BCUT2D eigenvalue weighted by Crippen LogP contribution is -2.52. The number of amides is 4. The van der Waals surface area contributed by atoms with Crippen molar-refractivity contribution in [1.82, 2.24) is 29.6 Å². The Bertz CT molecular complexity index is 3980. The third kappa shape index (κ3) is 14.6. The lowest BCUT2D eigenvalue weighted by molar-refractivity contribution is -0.136. The molecule has 0 radical (unpaired) electrons. The Morgan fingerprint density at radius 2 is 1.54 bits per heavy atom. The summed E-state index contributed by atoms with van der Waals surface area (Å²) in [6.45, 7) is -8.32. The smallest absolute Gasteiger partial charge is 0.380 e. The van der Waals surface area contributed by atoms with Crippen LogP contribution in [0.15, 0.2) is 129 Å². The number of carbonyl (C=O) groups excluding carboxylic acids is 4. The molecule has 0 saturated carbocycles. The second kappa shape index (κ2) is 25.5. The van der Waals surface area contributed by atoms with Gasteiger partial charge in [-0.25, -0.2) is 25.9 Å². The first-order valence-corrected chi connectivity index (χ1v) is 31.8. The highest BCUT2D eigenvalue weighted by atomic mass is 35.5. The molecular weight excluding hydrogens is 1180 g/mol. The third-order valence-electron chi connectivity index (χ3n) is 15.6. The zero-order valence-electron chi connectivity index (χ0n) is 54.3. The van der Waals surface area contributed by atoms with Crippen LogP contribution in [0, 0.1) is 11.2 Å². The summed E-state index contributed by atoms with van der Waals surface area (Å²) in [5.74, 6) is -4.63. The Labute approximate surface area is 513 Å². The van der Waals surface area contributed by atoms with Gasteiger partial charge in [0.25, 0.3) is 31.7 Å². The number of halogens is 5. The van der Waals surface area contributed by atoms with E-state index >= 15 is 4.39 Å². The first-order valence-electron chi connectivity index (χ1n) is 31.4. The molecule has 452 valence electrons. The summed E-state index contributed by atoms with van der Waals surface area (Å²) in [7, 11) is -11.6. The van der Waals surface area contributed by atoms with E-state index in [0.717, 1.165) is 85.0 Å². The van der Waals surface area contributed by atoms with Gasteiger partial charge in [0.05, 0.1) is 10.6 Å². The van der Waals surface area contributed by atoms with Crippen LogP contribution in [0.25, 0.3) is 5.57 Å². The molecule has 0 bridgehead atoms. The number of piperazine rings is 2. The van der Waals surface area contributed by atoms with Gasteiger partial charge >= 0.3 is 5.51 Å². The summed E-state index contributed by atoms with van der Waals surface area (Å²) in [5, 5.41) is 5.49. The summed E-state index contributed by atoms with van der Waals surface area (Å²) in [5.41, 5.74) is -2.76. The predicted molar refractivity (Wildman–Crippen MR) is 319 cm³/mol. The fourth-order valence-corrected chi connectivity index (χ4v) is 14.2. The number of allylic oxidation sites excluding steroid dienone is 1. The molecule has 1 aliphatic carbocycles. The average Bonchev–Trinajstić information content (AvgIpc) is 1.00. The number of piperidine rings is 1. The highest BCUT2D eigenvalue weighted by molar-refractivity contribution is 7.99. The molecule has 2 atom stereocenters. The Morgan fingerprint density at radius 3 is 2.22 bits per heavy atom. The second-order valence-electron chi connectivity index (χ2n) is 22.2. The molecule has 85 heavy (non-hydrogen) atoms. The van der Waals surface area contributed by atoms with Gasteiger partial charge in [-0.15, -0.1) is 11.8 Å². The standard InChI is InChI=1S/C61H67ClF4N8O8S3/c1-60(2)22-20-50(40-8-12-45(62)13-9-40)44(35-60)37-72-28-30-73(31-29-72)47-14-10-41(11-15-47)57(76)69-85(81,82)49-16-17-53(55(33-49)84(79,80)61(64,65)66)67-46(39-83-48-6-4-3-5-7-48)21-23-70-24-26-71(27-25-70)36-43-32-42-38-74(59(78)51(42)34-52(43)63)54-18-19-56(75)68-58(54)77/h3-17,32-34,46,54,67H,18-31,35-39H2,1-2H3,(H,69,76)(H,68,75,77)/t46-,54?/m1/s1/i24D2,25D2,26D2,27D2. The maximum absolute atomic E-state index is 16.0. The summed E-state index contributed by atoms with van der Waals surface area (Å²) < 4.78 is 189. The first-order chi connectivity index (χ1) is 43.4. The Morgan fingerprint density at radius 1 is 0.847 bits per heavy atom. The van der Waals surface area contributed by atoms with E-state index in [-0.39, 0.29) is 63.1 Å². The van der Waals surface area contributed by atoms with Crippen molar-refractivity contribution in [3.05, 3.63) is 153 Å². The maximum atomic E-state index is 16.0. The summed E-state index contributed by atoms with van der Waals surface area (Å²) in [4.78, 5) is 55.4. The number of alkyl halides is 3. The minimum absolute atomic E-state index is 0.0232. The normalized spacial score (nSPS) is 23.4. The van der Waals surface area contributed by atoms with Crippen LogP contribution in [0.3, 0.4) is 0 Å². The van der Waals surface area contributed by atoms with E-state index in [1.165, 1.54) is 23.3 Å². The minimum Gasteiger partial charge on any atom is -0.380 e. The fraction of sp³-hybridized carbons (Fsp3) is 0.410. The van der Waals surface area contributed by atoms with Crippen LogP contribution in [-0.4, -0.2) is 149 Å². The summed E-state index contributed by atoms with van der Waals surface area (Å²) >= 11 is 7.26. The molecule has 3 N–H and O–H groups in total. The van der Waals surface area contributed by atoms with Crippen molar-refractivity contribution in [2.45, 2.75) is 97.7 Å². The van der Waals surface area contributed by atoms with Gasteiger partial charge in [0.1, 0.15) is 16.8 Å². The number of benzene rings is 5. The van der Waals surface area contributed by atoms with Crippen LogP contribution < -0.4 is 20.3 Å². The van der Waals surface area contributed by atoms with E-state index in [4.69, 9.17) is 22.6 Å². The van der Waals surface area contributed by atoms with Crippen LogP contribution >= 0.6 is 23.4 Å². The molecule has 4 heterocycles. The van der Waals surface area contributed by atoms with Crippen molar-refractivity contribution in [1.29, 1.82) is 0 Å². The summed E-state index contributed by atoms with van der Waals surface area (Å²) in [6.07, 6.45) is 2.29. The average molecular weight is 1260 g/mol. The molecule has 4 aliphatic heterocycles. The zero-order valence-corrected chi connectivity index (χ0v) is 49.5. The number of rotatable bonds is 19. The number of sulfonamides is 1. The van der Waals surface area contributed by atoms with Crippen molar-refractivity contribution >= 4 is 83.8 Å². The topological polar surface area (TPSA) is 189 Å². The number of thioether (sulfide) groups is 1. The van der Waals surface area contributed by atoms with Crippen LogP contribution in [0.5, 0.6) is 0 Å². The molecule has 10 rings (SSSR count). The van der Waals surface area contributed by atoms with Crippen molar-refractivity contribution in [3.63, 3.8) is 0 Å². The highest BCUT2D eigenvalue weighted by Crippen LogP contribution is 2.43.